The molecule has 0 unspecified atom stereocenters. The zero-order valence-corrected chi connectivity index (χ0v) is 11.9. The number of nitro benzene ring substituents is 1. The first-order valence-corrected chi connectivity index (χ1v) is 7.21. The number of carbonyl (C=O) groups is 1. The Balaban J connectivity index is 3.20. The van der Waals surface area contributed by atoms with Crippen LogP contribution >= 0.6 is 0 Å². The summed E-state index contributed by atoms with van der Waals surface area (Å²) >= 11 is 0. The van der Waals surface area contributed by atoms with Crippen LogP contribution in [-0.4, -0.2) is 25.8 Å². The molecule has 11 heteroatoms. The summed E-state index contributed by atoms with van der Waals surface area (Å²) in [5.74, 6) is 4.50. The lowest BCUT2D eigenvalue weighted by Crippen LogP contribution is -2.28. The zero-order chi connectivity index (χ0) is 16.2. The van der Waals surface area contributed by atoms with Gasteiger partial charge in [0.15, 0.2) is 0 Å². The highest BCUT2D eigenvalue weighted by molar-refractivity contribution is 7.89. The highest BCUT2D eigenvalue weighted by Crippen LogP contribution is 2.29. The maximum atomic E-state index is 12.1. The van der Waals surface area contributed by atoms with Crippen LogP contribution in [0.3, 0.4) is 0 Å². The van der Waals surface area contributed by atoms with Crippen molar-refractivity contribution in [2.24, 2.45) is 11.6 Å². The van der Waals surface area contributed by atoms with Crippen LogP contribution in [0.2, 0.25) is 0 Å². The van der Waals surface area contributed by atoms with Crippen molar-refractivity contribution in [2.45, 2.75) is 18.2 Å². The number of sulfonamides is 1. The van der Waals surface area contributed by atoms with E-state index in [2.05, 4.69) is 10.1 Å². The van der Waals surface area contributed by atoms with Gasteiger partial charge in [-0.25, -0.2) is 13.1 Å². The highest BCUT2D eigenvalue weighted by atomic mass is 32.2. The van der Waals surface area contributed by atoms with Crippen LogP contribution in [0, 0.1) is 17.0 Å². The number of anilines is 1. The Morgan fingerprint density at radius 2 is 2.05 bits per heavy atom. The van der Waals surface area contributed by atoms with Crippen molar-refractivity contribution in [2.75, 3.05) is 12.0 Å². The van der Waals surface area contributed by atoms with Crippen LogP contribution in [0.25, 0.3) is 0 Å². The van der Waals surface area contributed by atoms with Crippen molar-refractivity contribution in [1.82, 2.24) is 4.72 Å². The number of nitro groups is 1. The second kappa shape index (κ2) is 6.47. The maximum absolute atomic E-state index is 12.1. The van der Waals surface area contributed by atoms with Crippen molar-refractivity contribution in [3.63, 3.8) is 0 Å². The Morgan fingerprint density at radius 3 is 2.52 bits per heavy atom. The molecule has 6 N–H and O–H groups in total. The van der Waals surface area contributed by atoms with Gasteiger partial charge in [0.25, 0.3) is 5.69 Å². The van der Waals surface area contributed by atoms with Crippen LogP contribution in [0.15, 0.2) is 17.0 Å². The fourth-order valence-corrected chi connectivity index (χ4v) is 2.90. The molecule has 0 aliphatic carbocycles. The highest BCUT2D eigenvalue weighted by Gasteiger charge is 2.23. The molecule has 21 heavy (non-hydrogen) atoms. The summed E-state index contributed by atoms with van der Waals surface area (Å²) in [6.45, 7) is 1.27. The molecular weight excluding hydrogens is 302 g/mol. The number of aryl methyl sites for hydroxylation is 1. The fourth-order valence-electron chi connectivity index (χ4n) is 1.62. The van der Waals surface area contributed by atoms with Crippen molar-refractivity contribution in [1.29, 1.82) is 0 Å². The molecular formula is C10H15N5O5S. The summed E-state index contributed by atoms with van der Waals surface area (Å²) < 4.78 is 26.3. The van der Waals surface area contributed by atoms with Gasteiger partial charge in [-0.05, 0) is 18.6 Å². The van der Waals surface area contributed by atoms with Gasteiger partial charge in [0, 0.05) is 19.0 Å². The summed E-state index contributed by atoms with van der Waals surface area (Å²) in [5.41, 5.74) is 6.83. The topological polar surface area (TPSA) is 170 Å². The summed E-state index contributed by atoms with van der Waals surface area (Å²) in [6, 6.07) is 2.15. The van der Waals surface area contributed by atoms with Crippen LogP contribution in [-0.2, 0) is 14.8 Å². The zero-order valence-electron chi connectivity index (χ0n) is 11.1. The lowest BCUT2D eigenvalue weighted by atomic mass is 10.2. The summed E-state index contributed by atoms with van der Waals surface area (Å²) in [4.78, 5) is 20.5. The van der Waals surface area contributed by atoms with E-state index >= 15 is 0 Å². The van der Waals surface area contributed by atoms with Crippen LogP contribution in [0.4, 0.5) is 11.4 Å². The first-order chi connectivity index (χ1) is 9.69. The molecule has 0 aliphatic heterocycles. The van der Waals surface area contributed by atoms with Gasteiger partial charge in [-0.1, -0.05) is 0 Å². The van der Waals surface area contributed by atoms with Crippen LogP contribution in [0.5, 0.6) is 0 Å². The number of nitrogens with two attached hydrogens (primary N) is 2. The summed E-state index contributed by atoms with van der Waals surface area (Å²) in [6.07, 6.45) is -0.178. The average molecular weight is 317 g/mol. The molecule has 116 valence electrons. The molecule has 0 aliphatic rings. The Morgan fingerprint density at radius 1 is 1.43 bits per heavy atom. The van der Waals surface area contributed by atoms with Gasteiger partial charge in [-0.3, -0.25) is 20.8 Å². The molecule has 0 aromatic heterocycles. The van der Waals surface area contributed by atoms with Gasteiger partial charge < -0.3 is 11.2 Å². The third kappa shape index (κ3) is 4.11. The number of nitrogen functional groups attached to an aromatic ring is 1. The molecule has 0 saturated heterocycles. The number of rotatable bonds is 7. The number of nitrogens with zero attached hydrogens (tertiary/aromatic N) is 1. The number of primary amides is 1. The second-order valence-corrected chi connectivity index (χ2v) is 5.89. The molecule has 0 atom stereocenters. The van der Waals surface area contributed by atoms with E-state index in [0.29, 0.717) is 0 Å². The number of hydrogen-bond donors (Lipinski definition) is 4. The molecule has 0 spiro atoms. The van der Waals surface area contributed by atoms with Crippen molar-refractivity contribution >= 4 is 27.3 Å². The first kappa shape index (κ1) is 16.8. The number of hydrazine groups is 1. The molecule has 0 fully saturated rings. The Kier molecular flexibility index (Phi) is 5.18. The third-order valence-electron chi connectivity index (χ3n) is 2.60. The van der Waals surface area contributed by atoms with E-state index in [1.54, 1.807) is 0 Å². The Bertz CT molecular complexity index is 673. The van der Waals surface area contributed by atoms with Crippen molar-refractivity contribution < 1.29 is 18.1 Å². The van der Waals surface area contributed by atoms with E-state index < -0.39 is 26.5 Å². The van der Waals surface area contributed by atoms with E-state index in [1.807, 2.05) is 0 Å². The summed E-state index contributed by atoms with van der Waals surface area (Å²) in [7, 11) is -4.00. The van der Waals surface area contributed by atoms with Gasteiger partial charge in [-0.2, -0.15) is 0 Å². The van der Waals surface area contributed by atoms with Crippen molar-refractivity contribution in [3.05, 3.63) is 27.8 Å². The minimum Gasteiger partial charge on any atom is -0.370 e. The van der Waals surface area contributed by atoms with Gasteiger partial charge in [0.2, 0.25) is 15.9 Å². The van der Waals surface area contributed by atoms with E-state index in [0.717, 1.165) is 6.07 Å². The van der Waals surface area contributed by atoms with Crippen molar-refractivity contribution in [3.8, 4) is 0 Å². The Hall–Kier alpha value is -2.24. The lowest BCUT2D eigenvalue weighted by Gasteiger charge is -2.11. The third-order valence-corrected chi connectivity index (χ3v) is 4.20. The van der Waals surface area contributed by atoms with E-state index in [-0.39, 0.29) is 29.1 Å². The predicted octanol–water partition coefficient (Wildman–Crippen LogP) is -0.657. The molecule has 1 aromatic carbocycles. The lowest BCUT2D eigenvalue weighted by molar-refractivity contribution is -0.384. The first-order valence-electron chi connectivity index (χ1n) is 5.72. The summed E-state index contributed by atoms with van der Waals surface area (Å²) in [5, 5.41) is 10.9. The molecule has 1 amide bonds. The second-order valence-electron chi connectivity index (χ2n) is 4.15. The molecule has 0 bridgehead atoms. The quantitative estimate of drug-likeness (QED) is 0.294. The predicted molar refractivity (Wildman–Crippen MR) is 74.6 cm³/mol. The average Bonchev–Trinajstić information content (AvgIpc) is 2.36. The number of carbonyl (C=O) groups excluding carboxylic acids is 1. The number of hydrogen-bond acceptors (Lipinski definition) is 7. The van der Waals surface area contributed by atoms with Crippen LogP contribution in [0.1, 0.15) is 12.0 Å². The molecule has 0 heterocycles. The van der Waals surface area contributed by atoms with E-state index in [9.17, 15) is 23.3 Å². The molecule has 1 aromatic rings. The monoisotopic (exact) mass is 317 g/mol. The van der Waals surface area contributed by atoms with Crippen LogP contribution < -0.4 is 21.7 Å². The fraction of sp³-hybridized carbons (Fsp3) is 0.300. The van der Waals surface area contributed by atoms with E-state index in [4.69, 9.17) is 11.6 Å². The minimum atomic E-state index is -4.00. The maximum Gasteiger partial charge on any atom is 0.295 e. The van der Waals surface area contributed by atoms with E-state index in [1.165, 1.54) is 13.0 Å². The number of amides is 1. The molecule has 0 radical (unpaired) electrons. The Labute approximate surface area is 120 Å². The standard InChI is InChI=1S/C10H15N5O5S/c1-6-4-7(14-12)8(15(17)18)5-9(6)21(19,20)13-3-2-10(11)16/h4-5,13-14H,2-3,12H2,1H3,(H2,11,16). The minimum absolute atomic E-state index is 0.00594. The SMILES string of the molecule is Cc1cc(NN)c([N+](=O)[O-])cc1S(=O)(=O)NCCC(N)=O. The molecule has 10 nitrogen and oxygen atoms in total. The largest absolute Gasteiger partial charge is 0.370 e. The van der Waals surface area contributed by atoms with Gasteiger partial charge in [-0.15, -0.1) is 0 Å². The van der Waals surface area contributed by atoms with Gasteiger partial charge in [0.1, 0.15) is 5.69 Å². The normalized spacial score (nSPS) is 11.1. The smallest absolute Gasteiger partial charge is 0.295 e. The number of benzene rings is 1. The van der Waals surface area contributed by atoms with Gasteiger partial charge in [0.05, 0.1) is 9.82 Å². The van der Waals surface area contributed by atoms with Gasteiger partial charge >= 0.3 is 0 Å². The molecule has 1 rings (SSSR count). The molecule has 0 saturated carbocycles. The number of nitrogens with one attached hydrogen (secondary N) is 2.